The number of hydrogen-bond acceptors (Lipinski definition) is 2. The van der Waals surface area contributed by atoms with Gasteiger partial charge in [-0.05, 0) is 37.5 Å². The van der Waals surface area contributed by atoms with Gasteiger partial charge in [0.2, 0.25) is 0 Å². The first-order valence-electron chi connectivity index (χ1n) is 6.49. The van der Waals surface area contributed by atoms with Gasteiger partial charge >= 0.3 is 0 Å². The normalized spacial score (nSPS) is 18.9. The van der Waals surface area contributed by atoms with Crippen LogP contribution < -0.4 is 5.73 Å². The molecule has 1 heterocycles. The van der Waals surface area contributed by atoms with Crippen molar-refractivity contribution in [1.29, 1.82) is 0 Å². The lowest BCUT2D eigenvalue weighted by molar-refractivity contribution is 0.698. The summed E-state index contributed by atoms with van der Waals surface area (Å²) in [5.74, 6) is 0.670. The molecule has 1 aliphatic carbocycles. The van der Waals surface area contributed by atoms with E-state index in [1.807, 2.05) is 6.92 Å². The van der Waals surface area contributed by atoms with Crippen molar-refractivity contribution < 1.29 is 0 Å². The van der Waals surface area contributed by atoms with Crippen LogP contribution in [0.5, 0.6) is 0 Å². The number of aromatic nitrogens is 2. The van der Waals surface area contributed by atoms with Crippen molar-refractivity contribution in [2.45, 2.75) is 44.6 Å². The summed E-state index contributed by atoms with van der Waals surface area (Å²) in [6, 6.07) is 6.44. The quantitative estimate of drug-likeness (QED) is 0.830. The maximum Gasteiger partial charge on any atom is 0.0924 e. The largest absolute Gasteiger partial charge is 0.324 e. The van der Waals surface area contributed by atoms with Crippen molar-refractivity contribution in [2.24, 2.45) is 5.73 Å². The van der Waals surface area contributed by atoms with Crippen LogP contribution in [0.2, 0.25) is 0 Å². The molecule has 0 aliphatic heterocycles. The van der Waals surface area contributed by atoms with Crippen molar-refractivity contribution in [3.63, 3.8) is 0 Å². The van der Waals surface area contributed by atoms with E-state index in [1.165, 1.54) is 42.3 Å². The summed E-state index contributed by atoms with van der Waals surface area (Å²) in [5, 5.41) is 8.90. The van der Waals surface area contributed by atoms with Crippen LogP contribution in [0, 0.1) is 0 Å². The molecule has 1 atom stereocenters. The summed E-state index contributed by atoms with van der Waals surface area (Å²) in [5.41, 5.74) is 9.52. The number of nitrogens with one attached hydrogen (secondary N) is 1. The molecule has 3 heteroatoms. The van der Waals surface area contributed by atoms with Crippen molar-refractivity contribution in [3.05, 3.63) is 29.5 Å². The summed E-state index contributed by atoms with van der Waals surface area (Å²) in [7, 11) is 0. The van der Waals surface area contributed by atoms with Gasteiger partial charge in [0.1, 0.15) is 0 Å². The van der Waals surface area contributed by atoms with Crippen molar-refractivity contribution >= 4 is 10.9 Å². The van der Waals surface area contributed by atoms with E-state index in [0.717, 1.165) is 5.52 Å². The van der Waals surface area contributed by atoms with Crippen molar-refractivity contribution in [1.82, 2.24) is 10.2 Å². The summed E-state index contributed by atoms with van der Waals surface area (Å²) < 4.78 is 0. The van der Waals surface area contributed by atoms with E-state index < -0.39 is 0 Å². The molecule has 3 N–H and O–H groups in total. The number of aromatic amines is 1. The first-order chi connectivity index (χ1) is 8.25. The predicted molar refractivity (Wildman–Crippen MR) is 69.9 cm³/mol. The topological polar surface area (TPSA) is 54.7 Å². The Morgan fingerprint density at radius 1 is 1.35 bits per heavy atom. The Hall–Kier alpha value is -1.35. The van der Waals surface area contributed by atoms with Crippen LogP contribution in [0.15, 0.2) is 18.2 Å². The van der Waals surface area contributed by atoms with Gasteiger partial charge in [0.15, 0.2) is 0 Å². The van der Waals surface area contributed by atoms with Gasteiger partial charge in [-0.3, -0.25) is 5.10 Å². The number of H-pyrrole nitrogens is 1. The number of fused-ring (bicyclic) bond motifs is 1. The highest BCUT2D eigenvalue weighted by molar-refractivity contribution is 5.82. The molecule has 1 saturated carbocycles. The Morgan fingerprint density at radius 2 is 2.12 bits per heavy atom. The van der Waals surface area contributed by atoms with Gasteiger partial charge in [0.05, 0.1) is 5.52 Å². The molecular formula is C14H19N3. The zero-order chi connectivity index (χ0) is 11.8. The van der Waals surface area contributed by atoms with E-state index in [1.54, 1.807) is 0 Å². The van der Waals surface area contributed by atoms with E-state index in [0.29, 0.717) is 5.92 Å². The molecule has 0 amide bonds. The molecule has 1 aliphatic rings. The third kappa shape index (κ3) is 1.84. The highest BCUT2D eigenvalue weighted by atomic mass is 15.1. The first-order valence-corrected chi connectivity index (χ1v) is 6.49. The molecule has 0 saturated heterocycles. The monoisotopic (exact) mass is 229 g/mol. The standard InChI is InChI=1S/C14H19N3/c1-9(15)11-6-7-13-12(8-11)14(17-16-13)10-4-2-3-5-10/h6-10H,2-5,15H2,1H3,(H,16,17). The molecule has 3 nitrogen and oxygen atoms in total. The third-order valence-corrected chi connectivity index (χ3v) is 3.90. The van der Waals surface area contributed by atoms with Gasteiger partial charge < -0.3 is 5.73 Å². The van der Waals surface area contributed by atoms with Crippen molar-refractivity contribution in [3.8, 4) is 0 Å². The van der Waals surface area contributed by atoms with E-state index in [2.05, 4.69) is 28.4 Å². The Labute approximate surface area is 101 Å². The average molecular weight is 229 g/mol. The summed E-state index contributed by atoms with van der Waals surface area (Å²) in [6.45, 7) is 2.02. The van der Waals surface area contributed by atoms with Gasteiger partial charge in [-0.25, -0.2) is 0 Å². The smallest absolute Gasteiger partial charge is 0.0924 e. The van der Waals surface area contributed by atoms with Crippen LogP contribution >= 0.6 is 0 Å². The van der Waals surface area contributed by atoms with Crippen LogP contribution in [-0.4, -0.2) is 10.2 Å². The molecule has 17 heavy (non-hydrogen) atoms. The summed E-state index contributed by atoms with van der Waals surface area (Å²) in [4.78, 5) is 0. The summed E-state index contributed by atoms with van der Waals surface area (Å²) >= 11 is 0. The minimum Gasteiger partial charge on any atom is -0.324 e. The lowest BCUT2D eigenvalue weighted by Crippen LogP contribution is -2.04. The fourth-order valence-electron chi connectivity index (χ4n) is 2.86. The summed E-state index contributed by atoms with van der Waals surface area (Å²) in [6.07, 6.45) is 5.27. The second-order valence-electron chi connectivity index (χ2n) is 5.18. The Kier molecular flexibility index (Phi) is 2.63. The molecule has 1 fully saturated rings. The van der Waals surface area contributed by atoms with Gasteiger partial charge in [0.25, 0.3) is 0 Å². The second-order valence-corrected chi connectivity index (χ2v) is 5.18. The number of nitrogens with two attached hydrogens (primary N) is 1. The number of benzene rings is 1. The predicted octanol–water partition coefficient (Wildman–Crippen LogP) is 3.24. The zero-order valence-corrected chi connectivity index (χ0v) is 10.2. The molecule has 3 rings (SSSR count). The van der Waals surface area contributed by atoms with Gasteiger partial charge in [-0.2, -0.15) is 5.10 Å². The molecule has 2 aromatic rings. The van der Waals surface area contributed by atoms with E-state index >= 15 is 0 Å². The van der Waals surface area contributed by atoms with Crippen LogP contribution in [0.3, 0.4) is 0 Å². The Balaban J connectivity index is 2.08. The molecule has 0 bridgehead atoms. The molecular weight excluding hydrogens is 210 g/mol. The van der Waals surface area contributed by atoms with E-state index in [9.17, 15) is 0 Å². The Bertz CT molecular complexity index is 521. The zero-order valence-electron chi connectivity index (χ0n) is 10.2. The molecule has 1 aromatic carbocycles. The lowest BCUT2D eigenvalue weighted by Gasteiger charge is -2.08. The fraction of sp³-hybridized carbons (Fsp3) is 0.500. The molecule has 90 valence electrons. The molecule has 1 aromatic heterocycles. The van der Waals surface area contributed by atoms with Crippen molar-refractivity contribution in [2.75, 3.05) is 0 Å². The molecule has 0 radical (unpaired) electrons. The maximum atomic E-state index is 5.95. The third-order valence-electron chi connectivity index (χ3n) is 3.90. The highest BCUT2D eigenvalue weighted by Crippen LogP contribution is 2.36. The number of rotatable bonds is 2. The first kappa shape index (κ1) is 10.8. The minimum absolute atomic E-state index is 0.0886. The minimum atomic E-state index is 0.0886. The van der Waals surface area contributed by atoms with Crippen LogP contribution in [0.4, 0.5) is 0 Å². The maximum absolute atomic E-state index is 5.95. The van der Waals surface area contributed by atoms with Gasteiger partial charge in [-0.1, -0.05) is 18.9 Å². The van der Waals surface area contributed by atoms with E-state index in [4.69, 9.17) is 5.73 Å². The van der Waals surface area contributed by atoms with Gasteiger partial charge in [-0.15, -0.1) is 0 Å². The second kappa shape index (κ2) is 4.15. The molecule has 1 unspecified atom stereocenters. The van der Waals surface area contributed by atoms with Gasteiger partial charge in [0, 0.05) is 23.0 Å². The van der Waals surface area contributed by atoms with Crippen LogP contribution in [0.1, 0.15) is 55.8 Å². The number of nitrogens with zero attached hydrogens (tertiary/aromatic N) is 1. The SMILES string of the molecule is CC(N)c1ccc2n[nH]c(C3CCCC3)c2c1. The fourth-order valence-corrected chi connectivity index (χ4v) is 2.86. The lowest BCUT2D eigenvalue weighted by atomic mass is 9.98. The number of hydrogen-bond donors (Lipinski definition) is 2. The van der Waals surface area contributed by atoms with Crippen LogP contribution in [0.25, 0.3) is 10.9 Å². The Morgan fingerprint density at radius 3 is 2.82 bits per heavy atom. The van der Waals surface area contributed by atoms with E-state index in [-0.39, 0.29) is 6.04 Å². The molecule has 0 spiro atoms. The average Bonchev–Trinajstić information content (AvgIpc) is 2.96. The van der Waals surface area contributed by atoms with Crippen LogP contribution in [-0.2, 0) is 0 Å². The highest BCUT2D eigenvalue weighted by Gasteiger charge is 2.21.